The zero-order valence-electron chi connectivity index (χ0n) is 12.5. The van der Waals surface area contributed by atoms with Crippen molar-refractivity contribution in [2.24, 2.45) is 7.05 Å². The lowest BCUT2D eigenvalue weighted by Crippen LogP contribution is -2.10. The lowest BCUT2D eigenvalue weighted by Gasteiger charge is -2.10. The molecule has 5 heteroatoms. The summed E-state index contributed by atoms with van der Waals surface area (Å²) in [6, 6.07) is 4.19. The molecular formula is C15H20BrN3O. The van der Waals surface area contributed by atoms with E-state index in [1.54, 1.807) is 7.11 Å². The average molecular weight is 338 g/mol. The molecule has 0 aliphatic carbocycles. The third-order valence-electron chi connectivity index (χ3n) is 3.45. The molecule has 0 unspecified atom stereocenters. The van der Waals surface area contributed by atoms with E-state index < -0.39 is 0 Å². The average Bonchev–Trinajstić information content (AvgIpc) is 2.70. The summed E-state index contributed by atoms with van der Waals surface area (Å²) < 4.78 is 8.42. The summed E-state index contributed by atoms with van der Waals surface area (Å²) in [6.45, 7) is 4.87. The van der Waals surface area contributed by atoms with Crippen LogP contribution in [-0.4, -0.2) is 23.7 Å². The number of ether oxygens (including phenoxy) is 1. The molecule has 1 aromatic carbocycles. The lowest BCUT2D eigenvalue weighted by atomic mass is 10.0. The SMILES string of the molecule is CNCc1nc(-c2cc(C)c(OC)cc2C)c(Br)n1C. The molecule has 108 valence electrons. The van der Waals surface area contributed by atoms with Crippen molar-refractivity contribution in [3.63, 3.8) is 0 Å². The molecule has 2 rings (SSSR count). The van der Waals surface area contributed by atoms with Crippen LogP contribution in [0.15, 0.2) is 16.7 Å². The quantitative estimate of drug-likeness (QED) is 0.931. The van der Waals surface area contributed by atoms with Gasteiger partial charge in [0.05, 0.1) is 13.7 Å². The van der Waals surface area contributed by atoms with Crippen LogP contribution in [-0.2, 0) is 13.6 Å². The maximum atomic E-state index is 5.37. The number of halogens is 1. The highest BCUT2D eigenvalue weighted by atomic mass is 79.9. The summed E-state index contributed by atoms with van der Waals surface area (Å²) in [5, 5.41) is 3.14. The molecule has 20 heavy (non-hydrogen) atoms. The summed E-state index contributed by atoms with van der Waals surface area (Å²) in [6.07, 6.45) is 0. The molecule has 1 N–H and O–H groups in total. The van der Waals surface area contributed by atoms with E-state index in [0.29, 0.717) is 0 Å². The minimum atomic E-state index is 0.739. The van der Waals surface area contributed by atoms with Gasteiger partial charge in [-0.2, -0.15) is 0 Å². The van der Waals surface area contributed by atoms with E-state index in [9.17, 15) is 0 Å². The van der Waals surface area contributed by atoms with Crippen LogP contribution >= 0.6 is 15.9 Å². The fraction of sp³-hybridized carbons (Fsp3) is 0.400. The van der Waals surface area contributed by atoms with Crippen molar-refractivity contribution in [3.05, 3.63) is 33.7 Å². The van der Waals surface area contributed by atoms with E-state index in [-0.39, 0.29) is 0 Å². The molecule has 0 bridgehead atoms. The molecule has 1 heterocycles. The predicted octanol–water partition coefficient (Wildman–Crippen LogP) is 3.19. The van der Waals surface area contributed by atoms with Gasteiger partial charge in [0.2, 0.25) is 0 Å². The van der Waals surface area contributed by atoms with Gasteiger partial charge in [-0.15, -0.1) is 0 Å². The molecule has 0 radical (unpaired) electrons. The first kappa shape index (κ1) is 15.1. The van der Waals surface area contributed by atoms with Gasteiger partial charge in [0.1, 0.15) is 21.9 Å². The van der Waals surface area contributed by atoms with Crippen molar-refractivity contribution in [1.82, 2.24) is 14.9 Å². The van der Waals surface area contributed by atoms with Crippen molar-refractivity contribution in [3.8, 4) is 17.0 Å². The molecule has 0 aliphatic rings. The zero-order valence-corrected chi connectivity index (χ0v) is 14.1. The highest BCUT2D eigenvalue weighted by Crippen LogP contribution is 2.34. The minimum absolute atomic E-state index is 0.739. The highest BCUT2D eigenvalue weighted by molar-refractivity contribution is 9.10. The number of nitrogens with one attached hydrogen (secondary N) is 1. The van der Waals surface area contributed by atoms with Crippen molar-refractivity contribution in [1.29, 1.82) is 0 Å². The lowest BCUT2D eigenvalue weighted by molar-refractivity contribution is 0.411. The van der Waals surface area contributed by atoms with E-state index in [1.165, 1.54) is 0 Å². The standard InChI is InChI=1S/C15H20BrN3O/c1-9-7-12(20-5)10(2)6-11(9)14-15(16)19(4)13(18-14)8-17-3/h6-7,17H,8H2,1-5H3. The normalized spacial score (nSPS) is 10.9. The second-order valence-electron chi connectivity index (χ2n) is 4.89. The van der Waals surface area contributed by atoms with E-state index >= 15 is 0 Å². The molecule has 0 spiro atoms. The highest BCUT2D eigenvalue weighted by Gasteiger charge is 2.16. The Morgan fingerprint density at radius 1 is 1.30 bits per heavy atom. The van der Waals surface area contributed by atoms with Gasteiger partial charge in [0.25, 0.3) is 0 Å². The number of aromatic nitrogens is 2. The Hall–Kier alpha value is -1.33. The first-order chi connectivity index (χ1) is 9.49. The first-order valence-electron chi connectivity index (χ1n) is 6.50. The smallest absolute Gasteiger partial charge is 0.124 e. The van der Waals surface area contributed by atoms with E-state index in [0.717, 1.165) is 45.1 Å². The Morgan fingerprint density at radius 2 is 2.00 bits per heavy atom. The fourth-order valence-electron chi connectivity index (χ4n) is 2.27. The Kier molecular flexibility index (Phi) is 4.50. The van der Waals surface area contributed by atoms with Gasteiger partial charge in [-0.3, -0.25) is 0 Å². The van der Waals surface area contributed by atoms with Gasteiger partial charge in [-0.1, -0.05) is 0 Å². The number of benzene rings is 1. The van der Waals surface area contributed by atoms with Crippen LogP contribution in [0.5, 0.6) is 5.75 Å². The fourth-order valence-corrected chi connectivity index (χ4v) is 2.78. The van der Waals surface area contributed by atoms with Crippen molar-refractivity contribution in [2.75, 3.05) is 14.2 Å². The van der Waals surface area contributed by atoms with Gasteiger partial charge in [-0.25, -0.2) is 4.98 Å². The van der Waals surface area contributed by atoms with Crippen LogP contribution in [0.4, 0.5) is 0 Å². The van der Waals surface area contributed by atoms with Gasteiger partial charge in [-0.05, 0) is 60.1 Å². The van der Waals surface area contributed by atoms with Gasteiger partial charge in [0.15, 0.2) is 0 Å². The zero-order chi connectivity index (χ0) is 14.9. The molecule has 0 atom stereocenters. The number of imidazole rings is 1. The largest absolute Gasteiger partial charge is 0.496 e. The third kappa shape index (κ3) is 2.60. The summed E-state index contributed by atoms with van der Waals surface area (Å²) in [7, 11) is 5.63. The van der Waals surface area contributed by atoms with E-state index in [4.69, 9.17) is 9.72 Å². The Morgan fingerprint density at radius 3 is 2.60 bits per heavy atom. The van der Waals surface area contributed by atoms with Crippen LogP contribution in [0, 0.1) is 13.8 Å². The van der Waals surface area contributed by atoms with Crippen molar-refractivity contribution in [2.45, 2.75) is 20.4 Å². The second kappa shape index (κ2) is 5.97. The van der Waals surface area contributed by atoms with Crippen LogP contribution in [0.1, 0.15) is 17.0 Å². The first-order valence-corrected chi connectivity index (χ1v) is 7.30. The molecule has 0 fully saturated rings. The Bertz CT molecular complexity index is 635. The molecule has 0 saturated heterocycles. The van der Waals surface area contributed by atoms with E-state index in [2.05, 4.69) is 44.9 Å². The number of hydrogen-bond donors (Lipinski definition) is 1. The molecular weight excluding hydrogens is 318 g/mol. The molecule has 4 nitrogen and oxygen atoms in total. The number of aryl methyl sites for hydroxylation is 2. The predicted molar refractivity (Wildman–Crippen MR) is 85.1 cm³/mol. The van der Waals surface area contributed by atoms with Crippen LogP contribution < -0.4 is 10.1 Å². The monoisotopic (exact) mass is 337 g/mol. The summed E-state index contributed by atoms with van der Waals surface area (Å²) in [5.41, 5.74) is 4.37. The van der Waals surface area contributed by atoms with Crippen LogP contribution in [0.3, 0.4) is 0 Å². The molecule has 0 aliphatic heterocycles. The van der Waals surface area contributed by atoms with Gasteiger partial charge in [0, 0.05) is 12.6 Å². The Balaban J connectivity index is 2.57. The molecule has 0 saturated carbocycles. The molecule has 1 aromatic heterocycles. The van der Waals surface area contributed by atoms with Crippen LogP contribution in [0.25, 0.3) is 11.3 Å². The number of nitrogens with zero attached hydrogens (tertiary/aromatic N) is 2. The summed E-state index contributed by atoms with van der Waals surface area (Å²) >= 11 is 3.64. The molecule has 2 aromatic rings. The number of hydrogen-bond acceptors (Lipinski definition) is 3. The summed E-state index contributed by atoms with van der Waals surface area (Å²) in [4.78, 5) is 4.74. The third-order valence-corrected chi connectivity index (χ3v) is 4.36. The van der Waals surface area contributed by atoms with Crippen molar-refractivity contribution < 1.29 is 4.74 Å². The summed E-state index contributed by atoms with van der Waals surface area (Å²) in [5.74, 6) is 1.91. The van der Waals surface area contributed by atoms with Crippen LogP contribution in [0.2, 0.25) is 0 Å². The van der Waals surface area contributed by atoms with Crippen molar-refractivity contribution >= 4 is 15.9 Å². The minimum Gasteiger partial charge on any atom is -0.496 e. The topological polar surface area (TPSA) is 39.1 Å². The van der Waals surface area contributed by atoms with Gasteiger partial charge < -0.3 is 14.6 Å². The van der Waals surface area contributed by atoms with Gasteiger partial charge >= 0.3 is 0 Å². The number of methoxy groups -OCH3 is 1. The maximum absolute atomic E-state index is 5.37. The molecule has 0 amide bonds. The maximum Gasteiger partial charge on any atom is 0.124 e. The van der Waals surface area contributed by atoms with E-state index in [1.807, 2.05) is 21.0 Å². The second-order valence-corrected chi connectivity index (χ2v) is 5.64. The Labute approximate surface area is 128 Å². The number of rotatable bonds is 4.